The first-order valence-corrected chi connectivity index (χ1v) is 7.95. The molecule has 1 aromatic rings. The zero-order valence-electron chi connectivity index (χ0n) is 13.3. The molecule has 2 rings (SSSR count). The van der Waals surface area contributed by atoms with E-state index in [0.717, 1.165) is 0 Å². The first kappa shape index (κ1) is 17.4. The van der Waals surface area contributed by atoms with Gasteiger partial charge in [0.05, 0.1) is 22.7 Å². The third-order valence-corrected chi connectivity index (χ3v) is 4.33. The lowest BCUT2D eigenvalue weighted by Gasteiger charge is -2.28. The van der Waals surface area contributed by atoms with Crippen LogP contribution in [0.1, 0.15) is 41.0 Å². The van der Waals surface area contributed by atoms with Crippen molar-refractivity contribution in [2.45, 2.75) is 20.3 Å². The van der Waals surface area contributed by atoms with Gasteiger partial charge in [-0.15, -0.1) is 0 Å². The molecule has 6 heteroatoms. The fraction of sp³-hybridized carbons (Fsp3) is 0.353. The smallest absolute Gasteiger partial charge is 0.344 e. The zero-order chi connectivity index (χ0) is 17.2. The SMILES string of the molecule is COC(=O)C(Br)=CCC(C)(C)CN1C(=O)c2ccccc2C1=O. The number of halogens is 1. The van der Waals surface area contributed by atoms with E-state index in [0.29, 0.717) is 22.0 Å². The summed E-state index contributed by atoms with van der Waals surface area (Å²) in [5, 5.41) is 0. The van der Waals surface area contributed by atoms with Crippen LogP contribution in [0.5, 0.6) is 0 Å². The molecular weight excluding hydrogens is 362 g/mol. The van der Waals surface area contributed by atoms with Crippen LogP contribution in [0.4, 0.5) is 0 Å². The topological polar surface area (TPSA) is 63.7 Å². The van der Waals surface area contributed by atoms with Crippen molar-refractivity contribution in [3.63, 3.8) is 0 Å². The van der Waals surface area contributed by atoms with Gasteiger partial charge in [0.2, 0.25) is 0 Å². The molecule has 0 unspecified atom stereocenters. The third kappa shape index (κ3) is 3.69. The van der Waals surface area contributed by atoms with E-state index in [1.54, 1.807) is 30.3 Å². The number of methoxy groups -OCH3 is 1. The second kappa shape index (κ2) is 6.66. The number of benzene rings is 1. The summed E-state index contributed by atoms with van der Waals surface area (Å²) in [6.45, 7) is 4.15. The number of carbonyl (C=O) groups excluding carboxylic acids is 3. The molecule has 0 saturated heterocycles. The van der Waals surface area contributed by atoms with Crippen LogP contribution >= 0.6 is 15.9 Å². The Morgan fingerprint density at radius 2 is 1.74 bits per heavy atom. The molecule has 0 fully saturated rings. The monoisotopic (exact) mass is 379 g/mol. The largest absolute Gasteiger partial charge is 0.465 e. The quantitative estimate of drug-likeness (QED) is 0.447. The van der Waals surface area contributed by atoms with Gasteiger partial charge in [-0.25, -0.2) is 4.79 Å². The first-order chi connectivity index (χ1) is 10.8. The maximum atomic E-state index is 12.4. The van der Waals surface area contributed by atoms with Gasteiger partial charge in [-0.2, -0.15) is 0 Å². The molecule has 0 atom stereocenters. The number of ether oxygens (including phenoxy) is 1. The van der Waals surface area contributed by atoms with E-state index in [4.69, 9.17) is 0 Å². The number of amides is 2. The molecule has 0 N–H and O–H groups in total. The average molecular weight is 380 g/mol. The van der Waals surface area contributed by atoms with Crippen molar-refractivity contribution in [1.82, 2.24) is 4.90 Å². The van der Waals surface area contributed by atoms with E-state index < -0.39 is 5.97 Å². The second-order valence-corrected chi connectivity index (χ2v) is 7.01. The van der Waals surface area contributed by atoms with Crippen LogP contribution in [0, 0.1) is 5.41 Å². The molecule has 2 amide bonds. The zero-order valence-corrected chi connectivity index (χ0v) is 14.8. The first-order valence-electron chi connectivity index (χ1n) is 7.16. The van der Waals surface area contributed by atoms with Crippen molar-refractivity contribution in [1.29, 1.82) is 0 Å². The van der Waals surface area contributed by atoms with Crippen molar-refractivity contribution >= 4 is 33.7 Å². The highest BCUT2D eigenvalue weighted by molar-refractivity contribution is 9.12. The fourth-order valence-electron chi connectivity index (χ4n) is 2.42. The van der Waals surface area contributed by atoms with Crippen molar-refractivity contribution in [2.24, 2.45) is 5.41 Å². The highest BCUT2D eigenvalue weighted by atomic mass is 79.9. The number of imide groups is 1. The summed E-state index contributed by atoms with van der Waals surface area (Å²) in [5.74, 6) is -0.995. The Hall–Kier alpha value is -1.95. The number of fused-ring (bicyclic) bond motifs is 1. The predicted octanol–water partition coefficient (Wildman–Crippen LogP) is 3.15. The van der Waals surface area contributed by atoms with Crippen LogP contribution in [-0.2, 0) is 9.53 Å². The molecule has 23 heavy (non-hydrogen) atoms. The Morgan fingerprint density at radius 1 is 1.22 bits per heavy atom. The molecule has 0 aromatic heterocycles. The number of allylic oxidation sites excluding steroid dienone is 1. The van der Waals surface area contributed by atoms with Crippen LogP contribution < -0.4 is 0 Å². The van der Waals surface area contributed by atoms with E-state index in [1.165, 1.54) is 12.0 Å². The van der Waals surface area contributed by atoms with Gasteiger partial charge < -0.3 is 4.74 Å². The number of nitrogens with zero attached hydrogens (tertiary/aromatic N) is 1. The Bertz CT molecular complexity index is 659. The summed E-state index contributed by atoms with van der Waals surface area (Å²) in [4.78, 5) is 37.4. The van der Waals surface area contributed by atoms with E-state index in [9.17, 15) is 14.4 Å². The van der Waals surface area contributed by atoms with Gasteiger partial charge in [0.25, 0.3) is 11.8 Å². The number of rotatable bonds is 5. The van der Waals surface area contributed by atoms with E-state index in [2.05, 4.69) is 20.7 Å². The van der Waals surface area contributed by atoms with Crippen molar-refractivity contribution < 1.29 is 19.1 Å². The van der Waals surface area contributed by atoms with Crippen LogP contribution in [-0.4, -0.2) is 36.3 Å². The number of carbonyl (C=O) groups is 3. The van der Waals surface area contributed by atoms with Gasteiger partial charge in [-0.3, -0.25) is 14.5 Å². The number of hydrogen-bond acceptors (Lipinski definition) is 4. The lowest BCUT2D eigenvalue weighted by molar-refractivity contribution is -0.135. The minimum atomic E-state index is -0.457. The molecule has 122 valence electrons. The highest BCUT2D eigenvalue weighted by Crippen LogP contribution is 2.30. The third-order valence-electron chi connectivity index (χ3n) is 3.68. The maximum Gasteiger partial charge on any atom is 0.344 e. The molecule has 0 radical (unpaired) electrons. The van der Waals surface area contributed by atoms with Gasteiger partial charge in [-0.05, 0) is 39.9 Å². The van der Waals surface area contributed by atoms with E-state index in [1.807, 2.05) is 13.8 Å². The Labute approximate surface area is 143 Å². The highest BCUT2D eigenvalue weighted by Gasteiger charge is 2.37. The van der Waals surface area contributed by atoms with Gasteiger partial charge in [-0.1, -0.05) is 32.1 Å². The molecule has 1 aliphatic rings. The van der Waals surface area contributed by atoms with Crippen molar-refractivity contribution in [3.05, 3.63) is 46.0 Å². The molecule has 0 spiro atoms. The lowest BCUT2D eigenvalue weighted by atomic mass is 9.88. The molecule has 0 bridgehead atoms. The second-order valence-electron chi connectivity index (χ2n) is 6.15. The van der Waals surface area contributed by atoms with E-state index >= 15 is 0 Å². The van der Waals surface area contributed by atoms with Crippen molar-refractivity contribution in [2.75, 3.05) is 13.7 Å². The fourth-order valence-corrected chi connectivity index (χ4v) is 2.75. The normalized spacial score (nSPS) is 15.0. The van der Waals surface area contributed by atoms with Crippen LogP contribution in [0.25, 0.3) is 0 Å². The molecule has 5 nitrogen and oxygen atoms in total. The Balaban J connectivity index is 2.11. The average Bonchev–Trinajstić information content (AvgIpc) is 2.77. The minimum Gasteiger partial charge on any atom is -0.465 e. The van der Waals surface area contributed by atoms with Crippen LogP contribution in [0.15, 0.2) is 34.8 Å². The minimum absolute atomic E-state index is 0.269. The van der Waals surface area contributed by atoms with Gasteiger partial charge in [0.15, 0.2) is 0 Å². The maximum absolute atomic E-state index is 12.4. The molecule has 0 aliphatic carbocycles. The summed E-state index contributed by atoms with van der Waals surface area (Å²) in [7, 11) is 1.31. The molecule has 1 aliphatic heterocycles. The Kier molecular flexibility index (Phi) is 5.04. The van der Waals surface area contributed by atoms with Crippen LogP contribution in [0.2, 0.25) is 0 Å². The summed E-state index contributed by atoms with van der Waals surface area (Å²) in [6.07, 6.45) is 2.21. The van der Waals surface area contributed by atoms with Gasteiger partial charge in [0, 0.05) is 6.54 Å². The Morgan fingerprint density at radius 3 is 2.22 bits per heavy atom. The van der Waals surface area contributed by atoms with Gasteiger partial charge in [0.1, 0.15) is 0 Å². The molecule has 1 heterocycles. The van der Waals surface area contributed by atoms with Crippen molar-refractivity contribution in [3.8, 4) is 0 Å². The summed E-state index contributed by atoms with van der Waals surface area (Å²) in [5.41, 5.74) is 0.514. The predicted molar refractivity (Wildman–Crippen MR) is 89.2 cm³/mol. The summed E-state index contributed by atoms with van der Waals surface area (Å²) < 4.78 is 4.94. The lowest BCUT2D eigenvalue weighted by Crippen LogP contribution is -2.38. The molecule has 0 saturated carbocycles. The number of hydrogen-bond donors (Lipinski definition) is 0. The summed E-state index contributed by atoms with van der Waals surface area (Å²) >= 11 is 3.15. The number of esters is 1. The van der Waals surface area contributed by atoms with Crippen LogP contribution in [0.3, 0.4) is 0 Å². The summed E-state index contributed by atoms with van der Waals surface area (Å²) in [6, 6.07) is 6.82. The van der Waals surface area contributed by atoms with E-state index in [-0.39, 0.29) is 23.8 Å². The molecule has 1 aromatic carbocycles. The van der Waals surface area contributed by atoms with Gasteiger partial charge >= 0.3 is 5.97 Å². The molecular formula is C17H18BrNO4. The standard InChI is InChI=1S/C17H18BrNO4/c1-17(2,9-8-13(18)16(22)23-3)10-19-14(20)11-6-4-5-7-12(11)15(19)21/h4-8H,9-10H2,1-3H3.